The molecule has 1 fully saturated rings. The van der Waals surface area contributed by atoms with Gasteiger partial charge >= 0.3 is 0 Å². The second-order valence-corrected chi connectivity index (χ2v) is 4.98. The van der Waals surface area contributed by atoms with Crippen molar-refractivity contribution in [1.29, 1.82) is 0 Å². The Balaban J connectivity index is 2.19. The number of allylic oxidation sites excluding steroid dienone is 1. The van der Waals surface area contributed by atoms with E-state index in [1.807, 2.05) is 12.1 Å². The van der Waals surface area contributed by atoms with Crippen molar-refractivity contribution in [1.82, 2.24) is 0 Å². The summed E-state index contributed by atoms with van der Waals surface area (Å²) in [5.41, 5.74) is 1.77. The molecule has 0 radical (unpaired) electrons. The van der Waals surface area contributed by atoms with Gasteiger partial charge in [0.1, 0.15) is 30.5 Å². The molecule has 1 unspecified atom stereocenters. The van der Waals surface area contributed by atoms with Gasteiger partial charge in [0.05, 0.1) is 6.61 Å². The van der Waals surface area contributed by atoms with Crippen molar-refractivity contribution in [2.24, 2.45) is 0 Å². The highest BCUT2D eigenvalue weighted by atomic mass is 16.5. The zero-order chi connectivity index (χ0) is 14.7. The van der Waals surface area contributed by atoms with E-state index in [2.05, 4.69) is 6.58 Å². The first-order valence-corrected chi connectivity index (χ1v) is 6.58. The smallest absolute Gasteiger partial charge is 0.113 e. The lowest BCUT2D eigenvalue weighted by atomic mass is 9.91. The molecule has 0 spiro atoms. The van der Waals surface area contributed by atoms with E-state index >= 15 is 0 Å². The monoisotopic (exact) mass is 280 g/mol. The molecule has 5 nitrogen and oxygen atoms in total. The van der Waals surface area contributed by atoms with E-state index in [9.17, 15) is 15.3 Å². The molecule has 0 aromatic heterocycles. The molecule has 5 atom stereocenters. The molecule has 0 bridgehead atoms. The summed E-state index contributed by atoms with van der Waals surface area (Å²) < 4.78 is 5.49. The molecule has 0 aliphatic carbocycles. The highest BCUT2D eigenvalue weighted by Gasteiger charge is 2.43. The first-order chi connectivity index (χ1) is 9.58. The zero-order valence-electron chi connectivity index (χ0n) is 11.1. The average Bonchev–Trinajstić information content (AvgIpc) is 2.47. The summed E-state index contributed by atoms with van der Waals surface area (Å²) in [6.45, 7) is 3.25. The summed E-state index contributed by atoms with van der Waals surface area (Å²) in [7, 11) is 0. The molecule has 5 heteroatoms. The topological polar surface area (TPSA) is 90.2 Å². The molecule has 0 amide bonds. The Kier molecular flexibility index (Phi) is 4.91. The molecule has 1 heterocycles. The summed E-state index contributed by atoms with van der Waals surface area (Å²) in [5, 5.41) is 38.7. The van der Waals surface area contributed by atoms with Gasteiger partial charge in [-0.15, -0.1) is 6.58 Å². The summed E-state index contributed by atoms with van der Waals surface area (Å²) in [6.07, 6.45) is -3.03. The van der Waals surface area contributed by atoms with Crippen LogP contribution in [-0.4, -0.2) is 51.4 Å². The molecule has 2 rings (SSSR count). The fourth-order valence-corrected chi connectivity index (χ4v) is 2.39. The first-order valence-electron chi connectivity index (χ1n) is 6.58. The van der Waals surface area contributed by atoms with Crippen LogP contribution in [0.1, 0.15) is 17.2 Å². The largest absolute Gasteiger partial charge is 0.394 e. The Labute approximate surface area is 117 Å². The summed E-state index contributed by atoms with van der Waals surface area (Å²) in [6, 6.07) is 7.37. The maximum atomic E-state index is 10.0. The van der Waals surface area contributed by atoms with Gasteiger partial charge in [-0.3, -0.25) is 0 Å². The predicted octanol–water partition coefficient (Wildman–Crippen LogP) is -0.0700. The number of benzene rings is 1. The van der Waals surface area contributed by atoms with Crippen LogP contribution in [0.4, 0.5) is 0 Å². The van der Waals surface area contributed by atoms with E-state index in [0.717, 1.165) is 12.0 Å². The molecule has 4 N–H and O–H groups in total. The molecule has 20 heavy (non-hydrogen) atoms. The average molecular weight is 280 g/mol. The first kappa shape index (κ1) is 15.2. The van der Waals surface area contributed by atoms with E-state index in [-0.39, 0.29) is 0 Å². The van der Waals surface area contributed by atoms with Crippen molar-refractivity contribution < 1.29 is 25.2 Å². The van der Waals surface area contributed by atoms with Crippen LogP contribution in [0, 0.1) is 0 Å². The van der Waals surface area contributed by atoms with E-state index in [1.54, 1.807) is 18.2 Å². The van der Waals surface area contributed by atoms with E-state index in [1.165, 1.54) is 0 Å². The highest BCUT2D eigenvalue weighted by Crippen LogP contribution is 2.32. The fraction of sp³-hybridized carbons (Fsp3) is 0.467. The van der Waals surface area contributed by atoms with Crippen molar-refractivity contribution in [2.45, 2.75) is 36.9 Å². The lowest BCUT2D eigenvalue weighted by Gasteiger charge is -2.40. The summed E-state index contributed by atoms with van der Waals surface area (Å²) in [4.78, 5) is 0. The van der Waals surface area contributed by atoms with Crippen molar-refractivity contribution in [3.63, 3.8) is 0 Å². The number of aliphatic hydroxyl groups excluding tert-OH is 4. The van der Waals surface area contributed by atoms with Gasteiger partial charge in [-0.1, -0.05) is 30.3 Å². The van der Waals surface area contributed by atoms with Gasteiger partial charge in [0, 0.05) is 0 Å². The van der Waals surface area contributed by atoms with E-state index < -0.39 is 37.1 Å². The number of rotatable bonds is 4. The van der Waals surface area contributed by atoms with Crippen molar-refractivity contribution in [2.75, 3.05) is 6.61 Å². The Morgan fingerprint density at radius 3 is 2.25 bits per heavy atom. The van der Waals surface area contributed by atoms with Gasteiger partial charge in [-0.05, 0) is 17.5 Å². The van der Waals surface area contributed by atoms with Gasteiger partial charge in [0.15, 0.2) is 0 Å². The molecule has 1 aliphatic rings. The summed E-state index contributed by atoms with van der Waals surface area (Å²) in [5.74, 6) is 0. The number of hydrogen-bond acceptors (Lipinski definition) is 5. The third kappa shape index (κ3) is 2.92. The van der Waals surface area contributed by atoms with Crippen molar-refractivity contribution in [3.8, 4) is 0 Å². The highest BCUT2D eigenvalue weighted by molar-refractivity contribution is 5.27. The second kappa shape index (κ2) is 6.47. The molecular weight excluding hydrogens is 260 g/mol. The van der Waals surface area contributed by atoms with Gasteiger partial charge in [-0.25, -0.2) is 0 Å². The van der Waals surface area contributed by atoms with E-state index in [4.69, 9.17) is 9.84 Å². The Bertz CT molecular complexity index is 442. The Hall–Kier alpha value is -1.24. The fourth-order valence-electron chi connectivity index (χ4n) is 2.39. The number of hydrogen-bond donors (Lipinski definition) is 4. The molecule has 0 saturated carbocycles. The van der Waals surface area contributed by atoms with Crippen LogP contribution in [0.15, 0.2) is 36.9 Å². The van der Waals surface area contributed by atoms with Gasteiger partial charge in [-0.2, -0.15) is 0 Å². The quantitative estimate of drug-likeness (QED) is 0.580. The summed E-state index contributed by atoms with van der Waals surface area (Å²) >= 11 is 0. The molecule has 1 aromatic rings. The molecular formula is C15H20O5. The van der Waals surface area contributed by atoms with Crippen LogP contribution in [0.5, 0.6) is 0 Å². The minimum Gasteiger partial charge on any atom is -0.394 e. The number of aliphatic hydroxyl groups is 4. The minimum atomic E-state index is -1.35. The van der Waals surface area contributed by atoms with Crippen LogP contribution in [0.2, 0.25) is 0 Å². The van der Waals surface area contributed by atoms with Crippen LogP contribution in [0.3, 0.4) is 0 Å². The molecule has 1 saturated heterocycles. The Morgan fingerprint density at radius 2 is 1.70 bits per heavy atom. The third-order valence-electron chi connectivity index (χ3n) is 3.58. The molecule has 1 aromatic carbocycles. The van der Waals surface area contributed by atoms with E-state index in [0.29, 0.717) is 5.56 Å². The lowest BCUT2D eigenvalue weighted by molar-refractivity contribution is -0.231. The molecule has 1 aliphatic heterocycles. The van der Waals surface area contributed by atoms with Crippen LogP contribution >= 0.6 is 0 Å². The lowest BCUT2D eigenvalue weighted by Crippen LogP contribution is -2.55. The predicted molar refractivity (Wildman–Crippen MR) is 73.1 cm³/mol. The molecule has 110 valence electrons. The van der Waals surface area contributed by atoms with Crippen LogP contribution < -0.4 is 0 Å². The van der Waals surface area contributed by atoms with Gasteiger partial charge < -0.3 is 25.2 Å². The maximum absolute atomic E-state index is 10.0. The van der Waals surface area contributed by atoms with Crippen LogP contribution in [-0.2, 0) is 11.2 Å². The van der Waals surface area contributed by atoms with Gasteiger partial charge in [0.2, 0.25) is 0 Å². The third-order valence-corrected chi connectivity index (χ3v) is 3.58. The van der Waals surface area contributed by atoms with Crippen molar-refractivity contribution >= 4 is 0 Å². The second-order valence-electron chi connectivity index (χ2n) is 4.98. The van der Waals surface area contributed by atoms with Crippen LogP contribution in [0.25, 0.3) is 0 Å². The Morgan fingerprint density at radius 1 is 1.05 bits per heavy atom. The van der Waals surface area contributed by atoms with Crippen molar-refractivity contribution in [3.05, 3.63) is 48.0 Å². The SMILES string of the molecule is C=CCc1ccc(C2O[C@H](CO)[C@@H](O)[C@H](O)[C@H]2O)cc1. The normalized spacial score (nSPS) is 33.9. The van der Waals surface area contributed by atoms with Gasteiger partial charge in [0.25, 0.3) is 0 Å². The maximum Gasteiger partial charge on any atom is 0.113 e. The number of ether oxygens (including phenoxy) is 1. The minimum absolute atomic E-state index is 0.421. The zero-order valence-corrected chi connectivity index (χ0v) is 11.1. The standard InChI is InChI=1S/C15H20O5/c1-2-3-9-4-6-10(7-5-9)15-14(19)13(18)12(17)11(8-16)20-15/h2,4-7,11-19H,1,3,8H2/t11-,12-,13+,14-,15?/m1/s1.